The first kappa shape index (κ1) is 15.1. The van der Waals surface area contributed by atoms with Gasteiger partial charge in [-0.2, -0.15) is 6.72 Å². The molecule has 0 unspecified atom stereocenters. The first-order valence-electron chi connectivity index (χ1n) is 3.35. The van der Waals surface area contributed by atoms with Gasteiger partial charge in [-0.15, -0.1) is 18.0 Å². The second-order valence-electron chi connectivity index (χ2n) is 2.53. The van der Waals surface area contributed by atoms with Gasteiger partial charge in [-0.3, -0.25) is 0 Å². The average molecular weight is 242 g/mol. The third kappa shape index (κ3) is 11.6. The molecule has 58 valence electrons. The Bertz CT molecular complexity index is 132. The van der Waals surface area contributed by atoms with Crippen molar-refractivity contribution in [2.45, 2.75) is 20.8 Å². The average Bonchev–Trinajstić information content (AvgIpc) is 1.85. The summed E-state index contributed by atoms with van der Waals surface area (Å²) >= 11 is 1.78. The van der Waals surface area contributed by atoms with E-state index in [4.69, 9.17) is 0 Å². The smallest absolute Gasteiger partial charge is 0.466 e. The van der Waals surface area contributed by atoms with Crippen molar-refractivity contribution in [3.63, 3.8) is 0 Å². The Kier molecular flexibility index (Phi) is 13.2. The Morgan fingerprint density at radius 2 is 2.18 bits per heavy atom. The maximum absolute atomic E-state index is 3.56. The van der Waals surface area contributed by atoms with E-state index in [2.05, 4.69) is 31.8 Å². The predicted molar refractivity (Wildman–Crippen MR) is 49.3 cm³/mol. The van der Waals surface area contributed by atoms with E-state index in [9.17, 15) is 0 Å². The number of hydrogen-bond acceptors (Lipinski definition) is 2. The van der Waals surface area contributed by atoms with Crippen molar-refractivity contribution in [2.24, 2.45) is 10.9 Å². The summed E-state index contributed by atoms with van der Waals surface area (Å²) in [6.45, 7) is 9.73. The van der Waals surface area contributed by atoms with Crippen LogP contribution >= 0.6 is 11.8 Å². The minimum absolute atomic E-state index is 0. The molecule has 3 heteroatoms. The first-order chi connectivity index (χ1) is 4.66. The number of allylic oxidation sites excluding steroid dienone is 1. The van der Waals surface area contributed by atoms with E-state index < -0.39 is 0 Å². The van der Waals surface area contributed by atoms with Crippen molar-refractivity contribution in [1.29, 1.82) is 0 Å². The van der Waals surface area contributed by atoms with Gasteiger partial charge in [0.1, 0.15) is 0 Å². The van der Waals surface area contributed by atoms with Gasteiger partial charge in [0.25, 0.3) is 0 Å². The van der Waals surface area contributed by atoms with Gasteiger partial charge in [-0.05, 0) is 11.7 Å². The standard InChI is InChI=1S/C8H14NS.Rb/c1-7(2)6-10-8(3)5-9-4;/h7H,4,6H2,1-3H3;/q-1;+1. The van der Waals surface area contributed by atoms with Gasteiger partial charge in [-0.25, -0.2) is 0 Å². The Morgan fingerprint density at radius 3 is 2.55 bits per heavy atom. The number of aliphatic imine (C=N–C) groups is 1. The third-order valence-corrected chi connectivity index (χ3v) is 2.23. The molecule has 0 aliphatic carbocycles. The van der Waals surface area contributed by atoms with Crippen LogP contribution in [0.3, 0.4) is 0 Å². The van der Waals surface area contributed by atoms with Crippen molar-refractivity contribution in [3.05, 3.63) is 11.1 Å². The maximum atomic E-state index is 3.56. The zero-order valence-electron chi connectivity index (χ0n) is 7.85. The molecule has 0 spiro atoms. The Labute approximate surface area is 123 Å². The van der Waals surface area contributed by atoms with Crippen LogP contribution < -0.4 is 58.2 Å². The van der Waals surface area contributed by atoms with Gasteiger partial charge in [0.15, 0.2) is 0 Å². The summed E-state index contributed by atoms with van der Waals surface area (Å²) in [7, 11) is 0. The van der Waals surface area contributed by atoms with Crippen LogP contribution in [0.25, 0.3) is 0 Å². The monoisotopic (exact) mass is 241 g/mol. The van der Waals surface area contributed by atoms with E-state index in [1.807, 2.05) is 6.92 Å². The summed E-state index contributed by atoms with van der Waals surface area (Å²) in [5.41, 5.74) is 0. The summed E-state index contributed by atoms with van der Waals surface area (Å²) in [4.78, 5) is 4.67. The zero-order valence-corrected chi connectivity index (χ0v) is 13.6. The van der Waals surface area contributed by atoms with Crippen molar-refractivity contribution >= 4 is 18.5 Å². The third-order valence-electron chi connectivity index (χ3n) is 0.870. The zero-order chi connectivity index (χ0) is 7.98. The van der Waals surface area contributed by atoms with Crippen LogP contribution in [0.4, 0.5) is 0 Å². The molecule has 0 amide bonds. The van der Waals surface area contributed by atoms with Crippen LogP contribution in [-0.2, 0) is 0 Å². The van der Waals surface area contributed by atoms with Crippen molar-refractivity contribution < 1.29 is 58.2 Å². The van der Waals surface area contributed by atoms with Crippen LogP contribution in [0.5, 0.6) is 0 Å². The molecule has 0 saturated carbocycles. The van der Waals surface area contributed by atoms with Crippen LogP contribution in [0.2, 0.25) is 0 Å². The van der Waals surface area contributed by atoms with E-state index in [1.165, 1.54) is 0 Å². The first-order valence-corrected chi connectivity index (χ1v) is 4.33. The molecule has 11 heavy (non-hydrogen) atoms. The number of nitrogens with zero attached hydrogens (tertiary/aromatic N) is 1. The molecule has 0 aromatic rings. The molecule has 1 nitrogen and oxygen atoms in total. The van der Waals surface area contributed by atoms with Crippen molar-refractivity contribution in [2.75, 3.05) is 5.75 Å². The van der Waals surface area contributed by atoms with E-state index >= 15 is 0 Å². The molecular weight excluding hydrogens is 228 g/mol. The van der Waals surface area contributed by atoms with Gasteiger partial charge in [-0.1, -0.05) is 25.7 Å². The number of hydrogen-bond donors (Lipinski definition) is 0. The Morgan fingerprint density at radius 1 is 1.64 bits per heavy atom. The summed E-state index contributed by atoms with van der Waals surface area (Å²) in [6.07, 6.45) is 2.79. The SMILES string of the molecule is C=N[C-]=C(C)SCC(C)C.[Rb+]. The Balaban J connectivity index is 0. The number of thioether (sulfide) groups is 1. The summed E-state index contributed by atoms with van der Waals surface area (Å²) in [6, 6.07) is 0. The molecule has 0 fully saturated rings. The van der Waals surface area contributed by atoms with Crippen LogP contribution in [0, 0.1) is 12.1 Å². The van der Waals surface area contributed by atoms with Gasteiger partial charge in [0, 0.05) is 0 Å². The molecule has 0 N–H and O–H groups in total. The molecule has 0 heterocycles. The maximum Gasteiger partial charge on any atom is 1.00 e. The topological polar surface area (TPSA) is 12.4 Å². The summed E-state index contributed by atoms with van der Waals surface area (Å²) in [5, 5.41) is 0. The summed E-state index contributed by atoms with van der Waals surface area (Å²) in [5.74, 6) is 1.86. The normalized spacial score (nSPS) is 11.1. The second kappa shape index (κ2) is 9.65. The van der Waals surface area contributed by atoms with Crippen LogP contribution in [0.15, 0.2) is 9.90 Å². The minimum atomic E-state index is 0. The molecule has 0 aliphatic heterocycles. The fraction of sp³-hybridized carbons (Fsp3) is 0.625. The largest absolute Gasteiger partial charge is 1.00 e. The molecule has 0 rings (SSSR count). The van der Waals surface area contributed by atoms with Crippen molar-refractivity contribution in [3.8, 4) is 0 Å². The Hall–Kier alpha value is 1.57. The quantitative estimate of drug-likeness (QED) is 0.488. The number of rotatable bonds is 4. The predicted octanol–water partition coefficient (Wildman–Crippen LogP) is -0.255. The molecule has 0 atom stereocenters. The van der Waals surface area contributed by atoms with Crippen LogP contribution in [-0.4, -0.2) is 12.5 Å². The van der Waals surface area contributed by atoms with E-state index in [0.717, 1.165) is 16.6 Å². The van der Waals surface area contributed by atoms with Crippen molar-refractivity contribution in [1.82, 2.24) is 0 Å². The molecule has 0 aromatic carbocycles. The van der Waals surface area contributed by atoms with E-state index in [-0.39, 0.29) is 58.2 Å². The fourth-order valence-corrected chi connectivity index (χ4v) is 1.15. The molecule has 0 saturated heterocycles. The summed E-state index contributed by atoms with van der Waals surface area (Å²) < 4.78 is 0. The van der Waals surface area contributed by atoms with E-state index in [0.29, 0.717) is 0 Å². The second-order valence-corrected chi connectivity index (χ2v) is 3.77. The van der Waals surface area contributed by atoms with Gasteiger partial charge in [0.05, 0.1) is 0 Å². The molecule has 0 radical (unpaired) electrons. The van der Waals surface area contributed by atoms with Crippen LogP contribution in [0.1, 0.15) is 20.8 Å². The molecule has 0 aromatic heterocycles. The fourth-order valence-electron chi connectivity index (χ4n) is 0.435. The van der Waals surface area contributed by atoms with Gasteiger partial charge in [0.2, 0.25) is 0 Å². The minimum Gasteiger partial charge on any atom is -0.466 e. The van der Waals surface area contributed by atoms with E-state index in [1.54, 1.807) is 11.8 Å². The molecular formula is C8H14NRbS. The van der Waals surface area contributed by atoms with Gasteiger partial charge >= 0.3 is 58.2 Å². The van der Waals surface area contributed by atoms with Gasteiger partial charge < -0.3 is 4.99 Å². The molecule has 0 bridgehead atoms. The molecule has 0 aliphatic rings.